The van der Waals surface area contributed by atoms with E-state index in [0.29, 0.717) is 23.4 Å². The van der Waals surface area contributed by atoms with Crippen LogP contribution in [0.5, 0.6) is 0 Å². The molecular formula is C21H21F3N2O3. The van der Waals surface area contributed by atoms with E-state index >= 15 is 0 Å². The van der Waals surface area contributed by atoms with Gasteiger partial charge >= 0.3 is 6.61 Å². The second-order valence-electron chi connectivity index (χ2n) is 7.02. The summed E-state index contributed by atoms with van der Waals surface area (Å²) in [4.78, 5) is 27.0. The molecule has 2 atom stereocenters. The van der Waals surface area contributed by atoms with E-state index < -0.39 is 30.2 Å². The zero-order valence-electron chi connectivity index (χ0n) is 16.0. The van der Waals surface area contributed by atoms with Crippen molar-refractivity contribution in [1.29, 1.82) is 0 Å². The summed E-state index contributed by atoms with van der Waals surface area (Å²) in [6.07, 6.45) is 0. The average molecular weight is 406 g/mol. The van der Waals surface area contributed by atoms with E-state index in [4.69, 9.17) is 0 Å². The summed E-state index contributed by atoms with van der Waals surface area (Å²) < 4.78 is 42.7. The Morgan fingerprint density at radius 3 is 2.72 bits per heavy atom. The number of likely N-dealkylation sites (N-methyl/N-ethyl adjacent to an activating group) is 1. The van der Waals surface area contributed by atoms with Gasteiger partial charge in [0.1, 0.15) is 11.7 Å². The van der Waals surface area contributed by atoms with Crippen LogP contribution in [0.15, 0.2) is 42.5 Å². The Bertz CT molecular complexity index is 920. The highest BCUT2D eigenvalue weighted by Gasteiger charge is 2.44. The van der Waals surface area contributed by atoms with Crippen LogP contribution in [0.2, 0.25) is 0 Å². The third kappa shape index (κ3) is 4.59. The maximum atomic E-state index is 13.8. The van der Waals surface area contributed by atoms with E-state index in [1.165, 1.54) is 24.0 Å². The predicted octanol–water partition coefficient (Wildman–Crippen LogP) is 3.68. The zero-order chi connectivity index (χ0) is 21.1. The van der Waals surface area contributed by atoms with E-state index in [1.54, 1.807) is 37.4 Å². The molecule has 1 aliphatic heterocycles. The number of rotatable bonds is 6. The quantitative estimate of drug-likeness (QED) is 0.745. The topological polar surface area (TPSA) is 58.6 Å². The van der Waals surface area contributed by atoms with Crippen LogP contribution in [0, 0.1) is 18.7 Å². The summed E-state index contributed by atoms with van der Waals surface area (Å²) in [6, 6.07) is 11.0. The van der Waals surface area contributed by atoms with E-state index in [-0.39, 0.29) is 18.1 Å². The highest BCUT2D eigenvalue weighted by molar-refractivity contribution is 6.08. The number of hydrogen-bond donors (Lipinski definition) is 1. The van der Waals surface area contributed by atoms with Crippen molar-refractivity contribution >= 4 is 17.5 Å². The van der Waals surface area contributed by atoms with Gasteiger partial charge in [0.25, 0.3) is 0 Å². The van der Waals surface area contributed by atoms with Crippen molar-refractivity contribution in [2.45, 2.75) is 26.1 Å². The van der Waals surface area contributed by atoms with Gasteiger partial charge in [-0.15, -0.1) is 0 Å². The zero-order valence-corrected chi connectivity index (χ0v) is 16.0. The van der Waals surface area contributed by atoms with Gasteiger partial charge in [-0.05, 0) is 30.2 Å². The number of nitrogens with zero attached hydrogens (tertiary/aromatic N) is 1. The first-order valence-electron chi connectivity index (χ1n) is 9.07. The van der Waals surface area contributed by atoms with Gasteiger partial charge in [0.15, 0.2) is 0 Å². The lowest BCUT2D eigenvalue weighted by Gasteiger charge is -2.18. The van der Waals surface area contributed by atoms with Crippen molar-refractivity contribution in [3.8, 4) is 0 Å². The molecule has 1 fully saturated rings. The number of amides is 2. The number of hydrogen-bond acceptors (Lipinski definition) is 3. The number of halogens is 3. The summed E-state index contributed by atoms with van der Waals surface area (Å²) in [7, 11) is 1.60. The monoisotopic (exact) mass is 406 g/mol. The Morgan fingerprint density at radius 2 is 2.00 bits per heavy atom. The maximum absolute atomic E-state index is 13.8. The number of benzene rings is 2. The van der Waals surface area contributed by atoms with Crippen LogP contribution in [0.1, 0.15) is 22.6 Å². The second-order valence-corrected chi connectivity index (χ2v) is 7.02. The predicted molar refractivity (Wildman–Crippen MR) is 101 cm³/mol. The molecule has 2 aromatic rings. The molecule has 0 spiro atoms. The Kier molecular flexibility index (Phi) is 6.22. The minimum Gasteiger partial charge on any atom is -0.344 e. The fourth-order valence-corrected chi connectivity index (χ4v) is 3.52. The number of alkyl halides is 2. The molecule has 29 heavy (non-hydrogen) atoms. The maximum Gasteiger partial charge on any atom is 0.345 e. The molecular weight excluding hydrogens is 385 g/mol. The van der Waals surface area contributed by atoms with Gasteiger partial charge in [0.2, 0.25) is 11.8 Å². The summed E-state index contributed by atoms with van der Waals surface area (Å²) in [6.45, 7) is -1.32. The van der Waals surface area contributed by atoms with Crippen LogP contribution in [0.4, 0.5) is 18.9 Å². The highest BCUT2D eigenvalue weighted by atomic mass is 19.3. The lowest BCUT2D eigenvalue weighted by Crippen LogP contribution is -2.33. The number of carbonyl (C=O) groups is 2. The third-order valence-corrected chi connectivity index (χ3v) is 5.08. The molecule has 2 amide bonds. The Morgan fingerprint density at radius 1 is 1.28 bits per heavy atom. The lowest BCUT2D eigenvalue weighted by molar-refractivity contribution is -0.137. The van der Waals surface area contributed by atoms with Crippen molar-refractivity contribution in [2.24, 2.45) is 5.92 Å². The first kappa shape index (κ1) is 20.9. The molecule has 3 rings (SSSR count). The van der Waals surface area contributed by atoms with E-state index in [9.17, 15) is 22.8 Å². The van der Waals surface area contributed by atoms with Crippen LogP contribution in [0.3, 0.4) is 0 Å². The summed E-state index contributed by atoms with van der Waals surface area (Å²) in [5.74, 6) is -2.81. The Labute approximate surface area is 166 Å². The summed E-state index contributed by atoms with van der Waals surface area (Å²) in [5.41, 5.74) is 1.77. The van der Waals surface area contributed by atoms with Crippen molar-refractivity contribution < 1.29 is 27.5 Å². The molecule has 1 heterocycles. The molecule has 0 saturated carbocycles. The van der Waals surface area contributed by atoms with E-state index in [1.807, 2.05) is 0 Å². The molecule has 0 unspecified atom stereocenters. The normalized spacial score (nSPS) is 19.1. The summed E-state index contributed by atoms with van der Waals surface area (Å²) in [5, 5.41) is 2.65. The molecule has 1 saturated heterocycles. The van der Waals surface area contributed by atoms with Gasteiger partial charge in [-0.25, -0.2) is 4.39 Å². The third-order valence-electron chi connectivity index (χ3n) is 5.08. The number of nitrogens with one attached hydrogen (secondary N) is 1. The minimum atomic E-state index is -2.88. The van der Waals surface area contributed by atoms with E-state index in [0.717, 1.165) is 0 Å². The SMILES string of the molecule is Cc1c(F)cccc1NC(=O)[C@H]1C(=O)N(C)C[C@@H]1c1cccc(COC(F)F)c1. The van der Waals surface area contributed by atoms with Gasteiger partial charge in [0.05, 0.1) is 6.61 Å². The molecule has 1 aliphatic rings. The van der Waals surface area contributed by atoms with Gasteiger partial charge < -0.3 is 15.0 Å². The molecule has 0 bridgehead atoms. The van der Waals surface area contributed by atoms with Crippen molar-refractivity contribution in [2.75, 3.05) is 18.9 Å². The standard InChI is InChI=1S/C21H21F3N2O3/c1-12-16(22)7-4-8-17(12)25-19(27)18-15(10-26(2)20(18)28)14-6-3-5-13(9-14)11-29-21(23)24/h3-9,15,18,21H,10-11H2,1-2H3,(H,25,27)/t15-,18+/m1/s1. The van der Waals surface area contributed by atoms with Crippen molar-refractivity contribution in [1.82, 2.24) is 4.90 Å². The minimum absolute atomic E-state index is 0.276. The molecule has 1 N–H and O–H groups in total. The van der Waals surface area contributed by atoms with Crippen LogP contribution in [0.25, 0.3) is 0 Å². The number of ether oxygens (including phenoxy) is 1. The Hall–Kier alpha value is -2.87. The molecule has 5 nitrogen and oxygen atoms in total. The first-order chi connectivity index (χ1) is 13.8. The van der Waals surface area contributed by atoms with Crippen LogP contribution in [-0.4, -0.2) is 36.9 Å². The molecule has 2 aromatic carbocycles. The fourth-order valence-electron chi connectivity index (χ4n) is 3.52. The van der Waals surface area contributed by atoms with E-state index in [2.05, 4.69) is 10.1 Å². The number of carbonyl (C=O) groups excluding carboxylic acids is 2. The van der Waals surface area contributed by atoms with Crippen LogP contribution >= 0.6 is 0 Å². The second kappa shape index (κ2) is 8.65. The van der Waals surface area contributed by atoms with Crippen molar-refractivity contribution in [3.63, 3.8) is 0 Å². The number of anilines is 1. The molecule has 0 radical (unpaired) electrons. The molecule has 8 heteroatoms. The largest absolute Gasteiger partial charge is 0.345 e. The smallest absolute Gasteiger partial charge is 0.344 e. The van der Waals surface area contributed by atoms with Crippen LogP contribution < -0.4 is 5.32 Å². The van der Waals surface area contributed by atoms with Crippen LogP contribution in [-0.2, 0) is 20.9 Å². The number of likely N-dealkylation sites (tertiary alicyclic amines) is 1. The summed E-state index contributed by atoms with van der Waals surface area (Å²) >= 11 is 0. The average Bonchev–Trinajstić information content (AvgIpc) is 2.99. The highest BCUT2D eigenvalue weighted by Crippen LogP contribution is 2.34. The lowest BCUT2D eigenvalue weighted by atomic mass is 9.87. The van der Waals surface area contributed by atoms with Gasteiger partial charge in [0, 0.05) is 30.8 Å². The first-order valence-corrected chi connectivity index (χ1v) is 9.07. The van der Waals surface area contributed by atoms with Crippen molar-refractivity contribution in [3.05, 3.63) is 65.0 Å². The fraction of sp³-hybridized carbons (Fsp3) is 0.333. The molecule has 154 valence electrons. The van der Waals surface area contributed by atoms with Gasteiger partial charge in [-0.3, -0.25) is 9.59 Å². The molecule has 0 aromatic heterocycles. The molecule has 0 aliphatic carbocycles. The Balaban J connectivity index is 1.85. The van der Waals surface area contributed by atoms with Gasteiger partial charge in [-0.2, -0.15) is 8.78 Å². The van der Waals surface area contributed by atoms with Gasteiger partial charge in [-0.1, -0.05) is 30.3 Å².